The first-order chi connectivity index (χ1) is 12.2. The van der Waals surface area contributed by atoms with Gasteiger partial charge < -0.3 is 16.0 Å². The Morgan fingerprint density at radius 2 is 1.72 bits per heavy atom. The van der Waals surface area contributed by atoms with Crippen molar-refractivity contribution < 1.29 is 0 Å². The summed E-state index contributed by atoms with van der Waals surface area (Å²) in [5.74, 6) is 0.885. The van der Waals surface area contributed by atoms with E-state index in [4.69, 9.17) is 22.3 Å². The van der Waals surface area contributed by atoms with E-state index in [0.717, 1.165) is 54.0 Å². The zero-order valence-corrected chi connectivity index (χ0v) is 14.8. The molecule has 0 radical (unpaired) electrons. The van der Waals surface area contributed by atoms with E-state index in [1.165, 1.54) is 5.56 Å². The Morgan fingerprint density at radius 1 is 1.00 bits per heavy atom. The summed E-state index contributed by atoms with van der Waals surface area (Å²) < 4.78 is 0. The second kappa shape index (κ2) is 7.00. The Kier molecular flexibility index (Phi) is 4.57. The Hall–Kier alpha value is -2.14. The molecule has 2 heterocycles. The number of pyridine rings is 1. The molecule has 5 heteroatoms. The molecule has 2 aromatic carbocycles. The molecule has 1 fully saturated rings. The summed E-state index contributed by atoms with van der Waals surface area (Å²) in [4.78, 5) is 7.06. The first kappa shape index (κ1) is 16.3. The number of anilines is 1. The molecule has 1 aliphatic heterocycles. The van der Waals surface area contributed by atoms with Gasteiger partial charge in [0.15, 0.2) is 0 Å². The van der Waals surface area contributed by atoms with Crippen LogP contribution in [0.2, 0.25) is 5.02 Å². The van der Waals surface area contributed by atoms with Gasteiger partial charge in [0.2, 0.25) is 0 Å². The van der Waals surface area contributed by atoms with Crippen LogP contribution < -0.4 is 16.0 Å². The van der Waals surface area contributed by atoms with Crippen LogP contribution in [0.15, 0.2) is 48.5 Å². The van der Waals surface area contributed by atoms with Gasteiger partial charge in [-0.3, -0.25) is 0 Å². The Labute approximate surface area is 152 Å². The maximum absolute atomic E-state index is 6.54. The van der Waals surface area contributed by atoms with Gasteiger partial charge >= 0.3 is 0 Å². The van der Waals surface area contributed by atoms with Gasteiger partial charge in [-0.15, -0.1) is 0 Å². The third-order valence-electron chi connectivity index (χ3n) is 4.69. The highest BCUT2D eigenvalue weighted by atomic mass is 35.5. The van der Waals surface area contributed by atoms with Gasteiger partial charge in [-0.05, 0) is 34.9 Å². The van der Waals surface area contributed by atoms with Crippen molar-refractivity contribution in [2.24, 2.45) is 5.73 Å². The highest BCUT2D eigenvalue weighted by Crippen LogP contribution is 2.31. The summed E-state index contributed by atoms with van der Waals surface area (Å²) in [6.07, 6.45) is 0. The monoisotopic (exact) mass is 352 g/mol. The SMILES string of the molecule is NCc1ccc(-c2ccc3nc(N4CCNCC4)c(Cl)cc3c2)cc1. The van der Waals surface area contributed by atoms with Crippen LogP contribution in [0.4, 0.5) is 5.82 Å². The van der Waals surface area contributed by atoms with E-state index in [2.05, 4.69) is 52.7 Å². The molecule has 0 aliphatic carbocycles. The molecule has 1 aromatic heterocycles. The van der Waals surface area contributed by atoms with Gasteiger partial charge in [0, 0.05) is 38.1 Å². The number of benzene rings is 2. The molecular formula is C20H21ClN4. The molecule has 25 heavy (non-hydrogen) atoms. The van der Waals surface area contributed by atoms with Crippen molar-refractivity contribution in [2.75, 3.05) is 31.1 Å². The van der Waals surface area contributed by atoms with E-state index in [1.807, 2.05) is 6.07 Å². The third-order valence-corrected chi connectivity index (χ3v) is 4.97. The van der Waals surface area contributed by atoms with Gasteiger partial charge in [-0.1, -0.05) is 41.9 Å². The highest BCUT2D eigenvalue weighted by Gasteiger charge is 2.16. The average Bonchev–Trinajstić information content (AvgIpc) is 2.68. The highest BCUT2D eigenvalue weighted by molar-refractivity contribution is 6.33. The molecule has 0 spiro atoms. The number of rotatable bonds is 3. The molecule has 0 saturated carbocycles. The molecule has 0 amide bonds. The summed E-state index contributed by atoms with van der Waals surface area (Å²) in [5, 5.41) is 5.13. The molecule has 0 bridgehead atoms. The number of nitrogens with one attached hydrogen (secondary N) is 1. The van der Waals surface area contributed by atoms with E-state index in [1.54, 1.807) is 0 Å². The predicted octanol–water partition coefficient (Wildman–Crippen LogP) is 3.42. The van der Waals surface area contributed by atoms with Crippen LogP contribution in [-0.2, 0) is 6.54 Å². The van der Waals surface area contributed by atoms with E-state index in [-0.39, 0.29) is 0 Å². The zero-order valence-electron chi connectivity index (χ0n) is 14.0. The molecule has 0 unspecified atom stereocenters. The molecule has 1 saturated heterocycles. The third kappa shape index (κ3) is 3.33. The van der Waals surface area contributed by atoms with Crippen LogP contribution in [0.5, 0.6) is 0 Å². The Morgan fingerprint density at radius 3 is 2.44 bits per heavy atom. The predicted molar refractivity (Wildman–Crippen MR) is 105 cm³/mol. The molecule has 1 aliphatic rings. The lowest BCUT2D eigenvalue weighted by molar-refractivity contribution is 0.585. The largest absolute Gasteiger partial charge is 0.353 e. The fourth-order valence-electron chi connectivity index (χ4n) is 3.25. The van der Waals surface area contributed by atoms with Gasteiger partial charge in [0.25, 0.3) is 0 Å². The topological polar surface area (TPSA) is 54.2 Å². The van der Waals surface area contributed by atoms with Gasteiger partial charge in [-0.25, -0.2) is 4.98 Å². The van der Waals surface area contributed by atoms with Crippen molar-refractivity contribution in [2.45, 2.75) is 6.54 Å². The molecule has 3 N–H and O–H groups in total. The minimum atomic E-state index is 0.562. The molecule has 128 valence electrons. The Balaban J connectivity index is 1.70. The second-order valence-corrected chi connectivity index (χ2v) is 6.75. The molecular weight excluding hydrogens is 332 g/mol. The van der Waals surface area contributed by atoms with Crippen LogP contribution in [0.25, 0.3) is 22.0 Å². The summed E-state index contributed by atoms with van der Waals surface area (Å²) in [6, 6.07) is 16.7. The quantitative estimate of drug-likeness (QED) is 0.758. The van der Waals surface area contributed by atoms with E-state index < -0.39 is 0 Å². The van der Waals surface area contributed by atoms with Crippen LogP contribution >= 0.6 is 11.6 Å². The lowest BCUT2D eigenvalue weighted by Gasteiger charge is -2.29. The number of nitrogens with zero attached hydrogens (tertiary/aromatic N) is 2. The standard InChI is InChI=1S/C20H21ClN4/c21-18-12-17-11-16(15-3-1-14(13-22)2-4-15)5-6-19(17)24-20(18)25-9-7-23-8-10-25/h1-6,11-12,23H,7-10,13,22H2. The number of nitrogens with two attached hydrogens (primary N) is 1. The van der Waals surface area contributed by atoms with Gasteiger partial charge in [0.1, 0.15) is 5.82 Å². The van der Waals surface area contributed by atoms with E-state index >= 15 is 0 Å². The van der Waals surface area contributed by atoms with Crippen molar-refractivity contribution in [1.29, 1.82) is 0 Å². The number of hydrogen-bond donors (Lipinski definition) is 2. The minimum absolute atomic E-state index is 0.562. The van der Waals surface area contributed by atoms with Crippen molar-refractivity contribution in [3.05, 3.63) is 59.1 Å². The van der Waals surface area contributed by atoms with Crippen molar-refractivity contribution in [3.63, 3.8) is 0 Å². The fraction of sp³-hybridized carbons (Fsp3) is 0.250. The van der Waals surface area contributed by atoms with Crippen molar-refractivity contribution in [1.82, 2.24) is 10.3 Å². The minimum Gasteiger partial charge on any atom is -0.353 e. The maximum atomic E-state index is 6.54. The number of fused-ring (bicyclic) bond motifs is 1. The van der Waals surface area contributed by atoms with Gasteiger partial charge in [0.05, 0.1) is 10.5 Å². The van der Waals surface area contributed by atoms with Crippen LogP contribution in [0.3, 0.4) is 0 Å². The Bertz CT molecular complexity index is 886. The summed E-state index contributed by atoms with van der Waals surface area (Å²) in [7, 11) is 0. The summed E-state index contributed by atoms with van der Waals surface area (Å²) in [5.41, 5.74) is 10.1. The lowest BCUT2D eigenvalue weighted by Crippen LogP contribution is -2.44. The van der Waals surface area contributed by atoms with Crippen molar-refractivity contribution >= 4 is 28.3 Å². The van der Waals surface area contributed by atoms with Crippen molar-refractivity contribution in [3.8, 4) is 11.1 Å². The van der Waals surface area contributed by atoms with Crippen LogP contribution in [0, 0.1) is 0 Å². The first-order valence-corrected chi connectivity index (χ1v) is 8.98. The first-order valence-electron chi connectivity index (χ1n) is 8.60. The second-order valence-electron chi connectivity index (χ2n) is 6.34. The zero-order chi connectivity index (χ0) is 17.2. The summed E-state index contributed by atoms with van der Waals surface area (Å²) >= 11 is 6.54. The molecule has 0 atom stereocenters. The molecule has 4 nitrogen and oxygen atoms in total. The number of halogens is 1. The van der Waals surface area contributed by atoms with Gasteiger partial charge in [-0.2, -0.15) is 0 Å². The smallest absolute Gasteiger partial charge is 0.148 e. The fourth-order valence-corrected chi connectivity index (χ4v) is 3.53. The summed E-state index contributed by atoms with van der Waals surface area (Å²) in [6.45, 7) is 4.36. The van der Waals surface area contributed by atoms with E-state index in [9.17, 15) is 0 Å². The van der Waals surface area contributed by atoms with E-state index in [0.29, 0.717) is 11.6 Å². The number of piperazine rings is 1. The average molecular weight is 353 g/mol. The van der Waals surface area contributed by atoms with Crippen LogP contribution in [-0.4, -0.2) is 31.2 Å². The molecule has 4 rings (SSSR count). The maximum Gasteiger partial charge on any atom is 0.148 e. The number of aromatic nitrogens is 1. The van der Waals surface area contributed by atoms with Crippen LogP contribution in [0.1, 0.15) is 5.56 Å². The lowest BCUT2D eigenvalue weighted by atomic mass is 10.0. The normalized spacial score (nSPS) is 14.9. The number of hydrogen-bond acceptors (Lipinski definition) is 4. The molecule has 3 aromatic rings.